The summed E-state index contributed by atoms with van der Waals surface area (Å²) in [5.74, 6) is -0.411. The summed E-state index contributed by atoms with van der Waals surface area (Å²) in [4.78, 5) is 27.8. The van der Waals surface area contributed by atoms with Gasteiger partial charge in [-0.1, -0.05) is 19.9 Å². The number of hydrogen-bond acceptors (Lipinski definition) is 6. The van der Waals surface area contributed by atoms with Crippen LogP contribution in [0.4, 0.5) is 14.9 Å². The molecule has 2 unspecified atom stereocenters. The number of carbonyl (C=O) groups excluding carboxylic acids is 2. The van der Waals surface area contributed by atoms with Gasteiger partial charge < -0.3 is 31.3 Å². The molecule has 4 aliphatic carbocycles. The Morgan fingerprint density at radius 3 is 2.17 bits per heavy atom. The predicted octanol–water partition coefficient (Wildman–Crippen LogP) is 2.74. The van der Waals surface area contributed by atoms with E-state index in [-0.39, 0.29) is 39.9 Å². The van der Waals surface area contributed by atoms with E-state index in [1.54, 1.807) is 6.07 Å². The highest BCUT2D eigenvalue weighted by atomic mass is 19.1. The van der Waals surface area contributed by atoms with Gasteiger partial charge in [0.2, 0.25) is 5.91 Å². The molecule has 1 heterocycles. The summed E-state index contributed by atoms with van der Waals surface area (Å²) < 4.78 is 15.0. The summed E-state index contributed by atoms with van der Waals surface area (Å²) in [6, 6.07) is 4.56. The lowest BCUT2D eigenvalue weighted by molar-refractivity contribution is -0.130. The third-order valence-electron chi connectivity index (χ3n) is 9.95. The highest BCUT2D eigenvalue weighted by Gasteiger charge is 2.60. The van der Waals surface area contributed by atoms with Crippen LogP contribution in [0.1, 0.15) is 70.8 Å². The highest BCUT2D eigenvalue weighted by molar-refractivity contribution is 5.90. The molecule has 9 nitrogen and oxygen atoms in total. The molecule has 10 heteroatoms. The molecule has 6 N–H and O–H groups in total. The zero-order valence-corrected chi connectivity index (χ0v) is 23.8. The smallest absolute Gasteiger partial charge is 0.319 e. The van der Waals surface area contributed by atoms with Crippen molar-refractivity contribution in [2.75, 3.05) is 38.2 Å². The van der Waals surface area contributed by atoms with Crippen LogP contribution in [0, 0.1) is 28.5 Å². The van der Waals surface area contributed by atoms with Crippen LogP contribution in [0.5, 0.6) is 0 Å². The second-order valence-corrected chi connectivity index (χ2v) is 14.1. The lowest BCUT2D eigenvalue weighted by atomic mass is 9.43. The maximum atomic E-state index is 15.0. The van der Waals surface area contributed by atoms with E-state index in [0.717, 1.165) is 24.8 Å². The van der Waals surface area contributed by atoms with Crippen molar-refractivity contribution in [2.45, 2.75) is 82.8 Å². The molecule has 1 aliphatic heterocycles. The van der Waals surface area contributed by atoms with Gasteiger partial charge in [0.25, 0.3) is 0 Å². The Kier molecular flexibility index (Phi) is 7.93. The first kappa shape index (κ1) is 29.2. The largest absolute Gasteiger partial charge is 0.394 e. The Labute approximate surface area is 235 Å². The van der Waals surface area contributed by atoms with Gasteiger partial charge in [-0.2, -0.15) is 0 Å². The lowest BCUT2D eigenvalue weighted by Crippen LogP contribution is -2.65. The molecule has 4 saturated carbocycles. The number of hydrogen-bond donors (Lipinski definition) is 6. The second kappa shape index (κ2) is 10.9. The molecular weight excluding hydrogens is 515 g/mol. The number of urea groups is 1. The fourth-order valence-corrected chi connectivity index (χ4v) is 8.98. The van der Waals surface area contributed by atoms with Crippen LogP contribution in [-0.4, -0.2) is 76.1 Å². The maximum Gasteiger partial charge on any atom is 0.319 e. The number of halogens is 1. The Morgan fingerprint density at radius 2 is 1.62 bits per heavy atom. The predicted molar refractivity (Wildman–Crippen MR) is 149 cm³/mol. The van der Waals surface area contributed by atoms with Crippen LogP contribution in [0.25, 0.3) is 0 Å². The monoisotopic (exact) mass is 560 g/mol. The first-order valence-electron chi connectivity index (χ1n) is 14.7. The molecule has 1 aromatic carbocycles. The van der Waals surface area contributed by atoms with Crippen molar-refractivity contribution in [3.05, 3.63) is 29.6 Å². The van der Waals surface area contributed by atoms with E-state index in [9.17, 15) is 24.9 Å². The average molecular weight is 561 g/mol. The van der Waals surface area contributed by atoms with Gasteiger partial charge in [0.1, 0.15) is 11.4 Å². The molecule has 6 rings (SSSR count). The number of anilines is 1. The van der Waals surface area contributed by atoms with Crippen LogP contribution < -0.4 is 16.0 Å². The molecule has 0 spiro atoms. The van der Waals surface area contributed by atoms with E-state index in [0.29, 0.717) is 38.4 Å². The van der Waals surface area contributed by atoms with Gasteiger partial charge >= 0.3 is 6.03 Å². The Morgan fingerprint density at radius 1 is 1.00 bits per heavy atom. The average Bonchev–Trinajstić information content (AvgIpc) is 2.87. The van der Waals surface area contributed by atoms with Crippen molar-refractivity contribution in [2.24, 2.45) is 22.7 Å². The van der Waals surface area contributed by atoms with Crippen LogP contribution in [-0.2, 0) is 11.3 Å². The number of likely N-dealkylation sites (tertiary alicyclic amines) is 1. The van der Waals surface area contributed by atoms with E-state index < -0.39 is 31.2 Å². The minimum atomic E-state index is -1.43. The van der Waals surface area contributed by atoms with Gasteiger partial charge in [-0.25, -0.2) is 9.18 Å². The fraction of sp³-hybridized carbons (Fsp3) is 0.733. The normalized spacial score (nSPS) is 32.2. The molecule has 3 amide bonds. The highest BCUT2D eigenvalue weighted by Crippen LogP contribution is 2.66. The van der Waals surface area contributed by atoms with Crippen molar-refractivity contribution in [1.82, 2.24) is 15.5 Å². The molecule has 4 bridgehead atoms. The molecule has 1 saturated heterocycles. The Hall–Kier alpha value is -2.27. The van der Waals surface area contributed by atoms with Gasteiger partial charge in [0.15, 0.2) is 0 Å². The standard InChI is InChI=1S/C30H45FN4O5/c1-27-10-21-11-28(2,14-27)16-29(12-21,15-27)34-26(40)32-24-4-3-20(9-23(24)31)13-35-7-5-22(6-8-35)25(39)33-30(17-36,18-37)19-38/h3-4,9,21-22,36-38H,5-8,10-19H2,1-2H3,(H,33,39)(H2,32,34,40)/t21?,27-,28+,29?. The summed E-state index contributed by atoms with van der Waals surface area (Å²) in [6.07, 6.45) is 7.85. The minimum Gasteiger partial charge on any atom is -0.394 e. The number of nitrogens with one attached hydrogen (secondary N) is 3. The number of nitrogens with zero attached hydrogens (tertiary/aromatic N) is 1. The zero-order valence-electron chi connectivity index (χ0n) is 23.8. The van der Waals surface area contributed by atoms with Gasteiger partial charge in [-0.3, -0.25) is 9.69 Å². The number of carbonyl (C=O) groups is 2. The van der Waals surface area contributed by atoms with Gasteiger partial charge in [0.05, 0.1) is 25.5 Å². The van der Waals surface area contributed by atoms with Crippen LogP contribution in [0.15, 0.2) is 18.2 Å². The van der Waals surface area contributed by atoms with Crippen molar-refractivity contribution >= 4 is 17.6 Å². The van der Waals surface area contributed by atoms with Crippen molar-refractivity contribution in [3.8, 4) is 0 Å². The number of benzene rings is 1. The van der Waals surface area contributed by atoms with Gasteiger partial charge in [0, 0.05) is 18.0 Å². The molecule has 5 aliphatic rings. The van der Waals surface area contributed by atoms with Crippen LogP contribution in [0.3, 0.4) is 0 Å². The molecule has 222 valence electrons. The van der Waals surface area contributed by atoms with E-state index in [4.69, 9.17) is 0 Å². The molecule has 0 aromatic heterocycles. The molecular formula is C30H45FN4O5. The first-order chi connectivity index (χ1) is 18.9. The number of aliphatic hydroxyl groups is 3. The van der Waals surface area contributed by atoms with E-state index in [1.165, 1.54) is 25.3 Å². The summed E-state index contributed by atoms with van der Waals surface area (Å²) in [7, 11) is 0. The maximum absolute atomic E-state index is 15.0. The third kappa shape index (κ3) is 6.00. The zero-order chi connectivity index (χ0) is 28.8. The fourth-order valence-electron chi connectivity index (χ4n) is 8.98. The van der Waals surface area contributed by atoms with Crippen molar-refractivity contribution in [3.63, 3.8) is 0 Å². The topological polar surface area (TPSA) is 134 Å². The molecule has 1 aromatic rings. The number of piperidine rings is 1. The van der Waals surface area contributed by atoms with Gasteiger partial charge in [-0.05, 0) is 98.9 Å². The number of amides is 3. The summed E-state index contributed by atoms with van der Waals surface area (Å²) in [6.45, 7) is 4.84. The molecule has 0 radical (unpaired) electrons. The van der Waals surface area contributed by atoms with Crippen molar-refractivity contribution in [1.29, 1.82) is 0 Å². The van der Waals surface area contributed by atoms with E-state index >= 15 is 4.39 Å². The quantitative estimate of drug-likeness (QED) is 0.275. The number of aliphatic hydroxyl groups excluding tert-OH is 3. The lowest BCUT2D eigenvalue weighted by Gasteiger charge is -2.65. The van der Waals surface area contributed by atoms with E-state index in [1.807, 2.05) is 6.07 Å². The second-order valence-electron chi connectivity index (χ2n) is 14.1. The van der Waals surface area contributed by atoms with E-state index in [2.05, 4.69) is 34.7 Å². The SMILES string of the molecule is C[C@]12CC3CC(NC(=O)Nc4ccc(CN5CCC(C(=O)NC(CO)(CO)CO)CC5)cc4F)(C1)C[C@@](C)(C3)C2. The summed E-state index contributed by atoms with van der Waals surface area (Å²) in [5.41, 5.74) is -0.135. The Bertz CT molecular complexity index is 1090. The minimum absolute atomic E-state index is 0.166. The Balaban J connectivity index is 1.12. The van der Waals surface area contributed by atoms with Crippen LogP contribution >= 0.6 is 0 Å². The molecule has 40 heavy (non-hydrogen) atoms. The first-order valence-corrected chi connectivity index (χ1v) is 14.7. The molecule has 4 atom stereocenters. The van der Waals surface area contributed by atoms with Crippen molar-refractivity contribution < 1.29 is 29.3 Å². The summed E-state index contributed by atoms with van der Waals surface area (Å²) in [5, 5.41) is 37.0. The number of rotatable bonds is 9. The summed E-state index contributed by atoms with van der Waals surface area (Å²) >= 11 is 0. The third-order valence-corrected chi connectivity index (χ3v) is 9.95. The molecule has 5 fully saturated rings. The van der Waals surface area contributed by atoms with Gasteiger partial charge in [-0.15, -0.1) is 0 Å². The van der Waals surface area contributed by atoms with Crippen LogP contribution in [0.2, 0.25) is 0 Å².